The van der Waals surface area contributed by atoms with Gasteiger partial charge in [-0.25, -0.2) is 14.6 Å². The van der Waals surface area contributed by atoms with E-state index in [1.54, 1.807) is 6.07 Å². The first kappa shape index (κ1) is 19.3. The molecule has 0 spiro atoms. The van der Waals surface area contributed by atoms with Crippen LogP contribution in [0.5, 0.6) is 0 Å². The van der Waals surface area contributed by atoms with Crippen LogP contribution in [-0.4, -0.2) is 52.5 Å². The fourth-order valence-electron chi connectivity index (χ4n) is 3.97. The maximum atomic E-state index is 13.6. The van der Waals surface area contributed by atoms with Crippen LogP contribution in [-0.2, 0) is 19.1 Å². The number of aryl methyl sites for hydroxylation is 1. The molecule has 0 radical (unpaired) electrons. The van der Waals surface area contributed by atoms with E-state index in [0.29, 0.717) is 18.6 Å². The van der Waals surface area contributed by atoms with Crippen molar-refractivity contribution in [3.8, 4) is 0 Å². The maximum Gasteiger partial charge on any atom is 0.332 e. The summed E-state index contributed by atoms with van der Waals surface area (Å²) in [6.07, 6.45) is 2.80. The number of esters is 2. The van der Waals surface area contributed by atoms with Gasteiger partial charge in [0.15, 0.2) is 0 Å². The molecule has 2 unspecified atom stereocenters. The highest BCUT2D eigenvalue weighted by Gasteiger charge is 2.52. The van der Waals surface area contributed by atoms with E-state index in [4.69, 9.17) is 9.47 Å². The van der Waals surface area contributed by atoms with Gasteiger partial charge in [0, 0.05) is 30.6 Å². The standard InChI is InChI=1S/C22H22N2O5/c1-14-13-17(23-16-8-4-3-7-15(14)16)20(27)22(2)21(24-11-5-6-12-24)28-18(25)9-10-19(26)29-22/h3-4,7-10,13,21H,5-6,11-12H2,1-2H3/b10-9-. The largest absolute Gasteiger partial charge is 0.442 e. The number of carbonyl (C=O) groups excluding carboxylic acids is 3. The van der Waals surface area contributed by atoms with Crippen molar-refractivity contribution in [3.63, 3.8) is 0 Å². The minimum absolute atomic E-state index is 0.168. The summed E-state index contributed by atoms with van der Waals surface area (Å²) < 4.78 is 11.2. The summed E-state index contributed by atoms with van der Waals surface area (Å²) in [6.45, 7) is 4.68. The number of aromatic nitrogens is 1. The van der Waals surface area contributed by atoms with Crippen LogP contribution in [0.25, 0.3) is 10.9 Å². The highest BCUT2D eigenvalue weighted by atomic mass is 16.6. The Bertz CT molecular complexity index is 1030. The number of hydrogen-bond acceptors (Lipinski definition) is 7. The van der Waals surface area contributed by atoms with Gasteiger partial charge in [0.1, 0.15) is 5.69 Å². The lowest BCUT2D eigenvalue weighted by Crippen LogP contribution is -2.59. The molecule has 2 aromatic rings. The van der Waals surface area contributed by atoms with Gasteiger partial charge in [0.05, 0.1) is 5.52 Å². The highest BCUT2D eigenvalue weighted by molar-refractivity contribution is 6.05. The van der Waals surface area contributed by atoms with Gasteiger partial charge in [0.2, 0.25) is 17.6 Å². The van der Waals surface area contributed by atoms with E-state index in [2.05, 4.69) is 4.98 Å². The molecule has 2 atom stereocenters. The maximum absolute atomic E-state index is 13.6. The summed E-state index contributed by atoms with van der Waals surface area (Å²) in [5, 5.41) is 0.939. The first-order valence-corrected chi connectivity index (χ1v) is 9.65. The van der Waals surface area contributed by atoms with Crippen LogP contribution in [0.3, 0.4) is 0 Å². The van der Waals surface area contributed by atoms with Gasteiger partial charge in [-0.05, 0) is 44.4 Å². The molecule has 7 nitrogen and oxygen atoms in total. The SMILES string of the molecule is Cc1cc(C(=O)C2(C)OC(=O)/C=C\C(=O)OC2N2CCCC2)nc2ccccc12. The third-order valence-electron chi connectivity index (χ3n) is 5.45. The molecule has 0 bridgehead atoms. The minimum atomic E-state index is -1.72. The van der Waals surface area contributed by atoms with Gasteiger partial charge >= 0.3 is 11.9 Å². The first-order chi connectivity index (χ1) is 13.9. The molecule has 3 heterocycles. The van der Waals surface area contributed by atoms with Crippen LogP contribution in [0.1, 0.15) is 35.8 Å². The number of Topliss-reactive ketones (excluding diaryl/α,β-unsaturated/α-hetero) is 1. The van der Waals surface area contributed by atoms with Crippen molar-refractivity contribution in [1.29, 1.82) is 0 Å². The Morgan fingerprint density at radius 2 is 1.83 bits per heavy atom. The van der Waals surface area contributed by atoms with E-state index in [-0.39, 0.29) is 5.69 Å². The highest BCUT2D eigenvalue weighted by Crippen LogP contribution is 2.31. The normalized spacial score (nSPS) is 26.5. The van der Waals surface area contributed by atoms with Crippen LogP contribution >= 0.6 is 0 Å². The van der Waals surface area contributed by atoms with E-state index in [1.807, 2.05) is 36.1 Å². The molecule has 150 valence electrons. The van der Waals surface area contributed by atoms with Crippen molar-refractivity contribution in [1.82, 2.24) is 9.88 Å². The Labute approximate surface area is 168 Å². The number of ketones is 1. The molecule has 1 aromatic carbocycles. The number of likely N-dealkylation sites (tertiary alicyclic amines) is 1. The number of para-hydroxylation sites is 1. The number of nitrogens with zero attached hydrogens (tertiary/aromatic N) is 2. The van der Waals surface area contributed by atoms with Crippen LogP contribution in [0.4, 0.5) is 0 Å². The van der Waals surface area contributed by atoms with Crippen LogP contribution < -0.4 is 0 Å². The summed E-state index contributed by atoms with van der Waals surface area (Å²) in [7, 11) is 0. The van der Waals surface area contributed by atoms with Gasteiger partial charge in [-0.15, -0.1) is 0 Å². The van der Waals surface area contributed by atoms with E-state index < -0.39 is 29.6 Å². The smallest absolute Gasteiger partial charge is 0.332 e. The molecule has 1 saturated heterocycles. The zero-order chi connectivity index (χ0) is 20.6. The van der Waals surface area contributed by atoms with Gasteiger partial charge in [-0.2, -0.15) is 0 Å². The lowest BCUT2D eigenvalue weighted by atomic mass is 9.92. The zero-order valence-corrected chi connectivity index (χ0v) is 16.4. The van der Waals surface area contributed by atoms with Gasteiger partial charge in [0.25, 0.3) is 0 Å². The average Bonchev–Trinajstić information content (AvgIpc) is 3.23. The Hall–Kier alpha value is -3.06. The monoisotopic (exact) mass is 394 g/mol. The molecule has 0 aliphatic carbocycles. The quantitative estimate of drug-likeness (QED) is 0.584. The Morgan fingerprint density at radius 1 is 1.14 bits per heavy atom. The average molecular weight is 394 g/mol. The van der Waals surface area contributed by atoms with Crippen LogP contribution in [0.2, 0.25) is 0 Å². The van der Waals surface area contributed by atoms with E-state index >= 15 is 0 Å². The fraction of sp³-hybridized carbons (Fsp3) is 0.364. The second-order valence-electron chi connectivity index (χ2n) is 7.56. The van der Waals surface area contributed by atoms with Gasteiger partial charge in [-0.1, -0.05) is 18.2 Å². The van der Waals surface area contributed by atoms with Crippen molar-refractivity contribution in [2.75, 3.05) is 13.1 Å². The number of ether oxygens (including phenoxy) is 2. The summed E-state index contributed by atoms with van der Waals surface area (Å²) in [6, 6.07) is 9.20. The minimum Gasteiger partial charge on any atom is -0.442 e. The lowest BCUT2D eigenvalue weighted by molar-refractivity contribution is -0.190. The number of rotatable bonds is 3. The van der Waals surface area contributed by atoms with Gasteiger partial charge in [-0.3, -0.25) is 9.69 Å². The Kier molecular flexibility index (Phi) is 4.92. The number of pyridine rings is 1. The van der Waals surface area contributed by atoms with Crippen LogP contribution in [0, 0.1) is 6.92 Å². The number of fused-ring (bicyclic) bond motifs is 1. The van der Waals surface area contributed by atoms with Crippen LogP contribution in [0.15, 0.2) is 42.5 Å². The fourth-order valence-corrected chi connectivity index (χ4v) is 3.97. The summed E-state index contributed by atoms with van der Waals surface area (Å²) in [5.74, 6) is -1.95. The van der Waals surface area contributed by atoms with Crippen molar-refractivity contribution in [3.05, 3.63) is 53.7 Å². The lowest BCUT2D eigenvalue weighted by Gasteiger charge is -2.39. The first-order valence-electron chi connectivity index (χ1n) is 9.65. The van der Waals surface area contributed by atoms with Gasteiger partial charge < -0.3 is 9.47 Å². The molecule has 2 aliphatic heterocycles. The van der Waals surface area contributed by atoms with Crippen molar-refractivity contribution in [2.24, 2.45) is 0 Å². The summed E-state index contributed by atoms with van der Waals surface area (Å²) in [5.41, 5.74) is 0.00544. The second kappa shape index (κ2) is 7.40. The summed E-state index contributed by atoms with van der Waals surface area (Å²) in [4.78, 5) is 44.4. The Morgan fingerprint density at radius 3 is 2.59 bits per heavy atom. The van der Waals surface area contributed by atoms with Crippen molar-refractivity contribution in [2.45, 2.75) is 38.5 Å². The van der Waals surface area contributed by atoms with E-state index in [0.717, 1.165) is 35.9 Å². The van der Waals surface area contributed by atoms with Crippen molar-refractivity contribution < 1.29 is 23.9 Å². The molecule has 1 fully saturated rings. The topological polar surface area (TPSA) is 85.8 Å². The third kappa shape index (κ3) is 3.53. The van der Waals surface area contributed by atoms with E-state index in [9.17, 15) is 14.4 Å². The molecular weight excluding hydrogens is 372 g/mol. The number of benzene rings is 1. The molecule has 29 heavy (non-hydrogen) atoms. The number of carbonyl (C=O) groups is 3. The Balaban J connectivity index is 1.81. The molecule has 0 N–H and O–H groups in total. The molecule has 0 saturated carbocycles. The molecule has 4 rings (SSSR count). The second-order valence-corrected chi connectivity index (χ2v) is 7.56. The third-order valence-corrected chi connectivity index (χ3v) is 5.45. The molecule has 2 aliphatic rings. The number of cyclic esters (lactones) is 2. The zero-order valence-electron chi connectivity index (χ0n) is 16.4. The predicted molar refractivity (Wildman–Crippen MR) is 105 cm³/mol. The molecule has 0 amide bonds. The number of hydrogen-bond donors (Lipinski definition) is 0. The molecular formula is C22H22N2O5. The molecule has 1 aromatic heterocycles. The predicted octanol–water partition coefficient (Wildman–Crippen LogP) is 2.56. The van der Waals surface area contributed by atoms with Crippen molar-refractivity contribution >= 4 is 28.6 Å². The van der Waals surface area contributed by atoms with E-state index in [1.165, 1.54) is 6.92 Å². The summed E-state index contributed by atoms with van der Waals surface area (Å²) >= 11 is 0. The molecule has 7 heteroatoms.